The summed E-state index contributed by atoms with van der Waals surface area (Å²) >= 11 is 0. The summed E-state index contributed by atoms with van der Waals surface area (Å²) in [5.74, 6) is -1.01. The Morgan fingerprint density at radius 1 is 1.82 bits per heavy atom. The fourth-order valence-corrected chi connectivity index (χ4v) is 0.958. The smallest absolute Gasteiger partial charge is 0.320 e. The van der Waals surface area contributed by atoms with Gasteiger partial charge in [-0.05, 0) is 13.1 Å². The van der Waals surface area contributed by atoms with Crippen molar-refractivity contribution in [2.75, 3.05) is 13.2 Å². The monoisotopic (exact) mass is 180 g/mol. The minimum atomic E-state index is -1.15. The van der Waals surface area contributed by atoms with Crippen molar-refractivity contribution >= 4 is 14.3 Å². The fraction of sp³-hybridized carbons (Fsp3) is 0.800. The second-order valence-corrected chi connectivity index (χ2v) is 3.53. The maximum Gasteiger partial charge on any atom is 0.320 e. The molecule has 0 heterocycles. The Balaban J connectivity index is 3.31. The molecule has 0 spiro atoms. The second kappa shape index (κ2) is 5.43. The number of carboxylic acid groups (broad SMARTS) is 1. The molecule has 2 unspecified atom stereocenters. The van der Waals surface area contributed by atoms with Gasteiger partial charge in [-0.25, -0.2) is 0 Å². The maximum atomic E-state index is 10.2. The third-order valence-corrected chi connectivity index (χ3v) is 1.79. The molecule has 0 saturated carbocycles. The second-order valence-electron chi connectivity index (χ2n) is 2.17. The Morgan fingerprint density at radius 3 is 2.73 bits per heavy atom. The number of hydrogen-bond donors (Lipinski definition) is 4. The van der Waals surface area contributed by atoms with Crippen molar-refractivity contribution in [1.82, 2.24) is 5.09 Å². The summed E-state index contributed by atoms with van der Waals surface area (Å²) in [7, 11) is -1.15. The number of carboxylic acids is 1. The number of rotatable bonds is 5. The van der Waals surface area contributed by atoms with E-state index in [-0.39, 0.29) is 0 Å². The summed E-state index contributed by atoms with van der Waals surface area (Å²) in [5, 5.41) is 11.0. The Bertz CT molecular complexity index is 131. The lowest BCUT2D eigenvalue weighted by Crippen LogP contribution is -2.32. The van der Waals surface area contributed by atoms with E-state index in [2.05, 4.69) is 5.09 Å². The molecule has 0 aliphatic rings. The van der Waals surface area contributed by atoms with Crippen LogP contribution in [0.15, 0.2) is 0 Å². The van der Waals surface area contributed by atoms with Crippen LogP contribution < -0.4 is 10.8 Å². The molecule has 5 nitrogen and oxygen atoms in total. The van der Waals surface area contributed by atoms with Gasteiger partial charge in [-0.3, -0.25) is 9.88 Å². The van der Waals surface area contributed by atoms with Crippen LogP contribution >= 0.6 is 8.30 Å². The van der Waals surface area contributed by atoms with Gasteiger partial charge < -0.3 is 15.7 Å². The van der Waals surface area contributed by atoms with Crippen molar-refractivity contribution < 1.29 is 14.8 Å². The van der Waals surface area contributed by atoms with Gasteiger partial charge in [-0.1, -0.05) is 0 Å². The van der Waals surface area contributed by atoms with Gasteiger partial charge in [0.25, 0.3) is 0 Å². The highest BCUT2D eigenvalue weighted by atomic mass is 31.2. The van der Waals surface area contributed by atoms with Crippen LogP contribution in [-0.2, 0) is 4.79 Å². The highest BCUT2D eigenvalue weighted by molar-refractivity contribution is 7.48. The van der Waals surface area contributed by atoms with Gasteiger partial charge in [0.2, 0.25) is 0 Å². The van der Waals surface area contributed by atoms with Gasteiger partial charge >= 0.3 is 5.97 Å². The van der Waals surface area contributed by atoms with Crippen LogP contribution in [-0.4, -0.2) is 35.2 Å². The zero-order valence-electron chi connectivity index (χ0n) is 6.32. The van der Waals surface area contributed by atoms with Crippen molar-refractivity contribution in [1.29, 1.82) is 0 Å². The van der Waals surface area contributed by atoms with E-state index >= 15 is 0 Å². The van der Waals surface area contributed by atoms with E-state index in [0.29, 0.717) is 13.0 Å². The van der Waals surface area contributed by atoms with E-state index in [1.54, 1.807) is 6.66 Å². The van der Waals surface area contributed by atoms with Crippen molar-refractivity contribution in [2.24, 2.45) is 5.73 Å². The lowest BCUT2D eigenvalue weighted by Gasteiger charge is -2.08. The minimum Gasteiger partial charge on any atom is -0.480 e. The lowest BCUT2D eigenvalue weighted by atomic mass is 10.2. The summed E-state index contributed by atoms with van der Waals surface area (Å²) < 4.78 is 0. The van der Waals surface area contributed by atoms with E-state index < -0.39 is 20.3 Å². The molecule has 66 valence electrons. The van der Waals surface area contributed by atoms with E-state index in [4.69, 9.17) is 15.7 Å². The van der Waals surface area contributed by atoms with Gasteiger partial charge in [0, 0.05) is 6.54 Å². The van der Waals surface area contributed by atoms with Crippen molar-refractivity contribution in [3.8, 4) is 0 Å². The summed E-state index contributed by atoms with van der Waals surface area (Å²) in [4.78, 5) is 18.9. The highest BCUT2D eigenvalue weighted by Gasteiger charge is 2.10. The Morgan fingerprint density at radius 2 is 2.36 bits per heavy atom. The third-order valence-electron chi connectivity index (χ3n) is 1.11. The average molecular weight is 180 g/mol. The predicted molar refractivity (Wildman–Crippen MR) is 43.3 cm³/mol. The van der Waals surface area contributed by atoms with Crippen LogP contribution in [0.25, 0.3) is 0 Å². The summed E-state index contributed by atoms with van der Waals surface area (Å²) in [5.41, 5.74) is 5.19. The molecule has 0 aromatic rings. The molecule has 0 radical (unpaired) electrons. The quantitative estimate of drug-likeness (QED) is 0.420. The van der Waals surface area contributed by atoms with Gasteiger partial charge in [-0.15, -0.1) is 0 Å². The SMILES string of the molecule is CP(O)NCCC(N)C(=O)O. The molecule has 0 rings (SSSR count). The zero-order chi connectivity index (χ0) is 8.85. The number of hydrogen-bond acceptors (Lipinski definition) is 4. The molecule has 0 saturated heterocycles. The van der Waals surface area contributed by atoms with Crippen LogP contribution in [0.2, 0.25) is 0 Å². The van der Waals surface area contributed by atoms with Crippen LogP contribution in [0.5, 0.6) is 0 Å². The van der Waals surface area contributed by atoms with Crippen molar-refractivity contribution in [2.45, 2.75) is 12.5 Å². The molecule has 0 aromatic heterocycles. The largest absolute Gasteiger partial charge is 0.480 e. The number of nitrogens with two attached hydrogens (primary N) is 1. The van der Waals surface area contributed by atoms with Crippen molar-refractivity contribution in [3.05, 3.63) is 0 Å². The molecule has 0 bridgehead atoms. The standard InChI is InChI=1S/C5H13N2O3P/c1-11(10)7-3-2-4(6)5(8)9/h4,7,10H,2-3,6H2,1H3,(H,8,9). The minimum absolute atomic E-state index is 0.336. The normalized spacial score (nSPS) is 15.9. The Labute approximate surface area is 66.5 Å². The van der Waals surface area contributed by atoms with Gasteiger partial charge in [0.05, 0.1) is 8.30 Å². The Hall–Kier alpha value is -0.220. The number of nitrogens with one attached hydrogen (secondary N) is 1. The molecule has 6 heteroatoms. The molecule has 0 amide bonds. The van der Waals surface area contributed by atoms with Gasteiger partial charge in [0.15, 0.2) is 0 Å². The van der Waals surface area contributed by atoms with Crippen LogP contribution in [0.3, 0.4) is 0 Å². The first-order chi connectivity index (χ1) is 5.04. The van der Waals surface area contributed by atoms with Gasteiger partial charge in [-0.2, -0.15) is 0 Å². The van der Waals surface area contributed by atoms with Crippen LogP contribution in [0.4, 0.5) is 0 Å². The molecular weight excluding hydrogens is 167 g/mol. The molecule has 11 heavy (non-hydrogen) atoms. The molecular formula is C5H13N2O3P. The Kier molecular flexibility index (Phi) is 5.32. The molecule has 0 aliphatic heterocycles. The molecule has 0 fully saturated rings. The first-order valence-corrected chi connectivity index (χ1v) is 4.92. The zero-order valence-corrected chi connectivity index (χ0v) is 7.21. The summed E-state index contributed by atoms with van der Waals surface area (Å²) in [6.45, 7) is 2.06. The van der Waals surface area contributed by atoms with Crippen molar-refractivity contribution in [3.63, 3.8) is 0 Å². The van der Waals surface area contributed by atoms with Crippen LogP contribution in [0.1, 0.15) is 6.42 Å². The first kappa shape index (κ1) is 10.8. The predicted octanol–water partition coefficient (Wildman–Crippen LogP) is -0.688. The van der Waals surface area contributed by atoms with E-state index in [1.165, 1.54) is 0 Å². The van der Waals surface area contributed by atoms with Gasteiger partial charge in [0.1, 0.15) is 6.04 Å². The van der Waals surface area contributed by atoms with E-state index in [0.717, 1.165) is 0 Å². The maximum absolute atomic E-state index is 10.2. The molecule has 0 aliphatic carbocycles. The lowest BCUT2D eigenvalue weighted by molar-refractivity contribution is -0.138. The fourth-order valence-electron chi connectivity index (χ4n) is 0.505. The third kappa shape index (κ3) is 6.19. The summed E-state index contributed by atoms with van der Waals surface area (Å²) in [6.07, 6.45) is 0.336. The average Bonchev–Trinajstić information content (AvgIpc) is 1.86. The molecule has 0 aromatic carbocycles. The molecule has 2 atom stereocenters. The topological polar surface area (TPSA) is 95.6 Å². The summed E-state index contributed by atoms with van der Waals surface area (Å²) in [6, 6.07) is -0.836. The van der Waals surface area contributed by atoms with Crippen LogP contribution in [0, 0.1) is 0 Å². The number of aliphatic carboxylic acids is 1. The van der Waals surface area contributed by atoms with E-state index in [9.17, 15) is 4.79 Å². The highest BCUT2D eigenvalue weighted by Crippen LogP contribution is 2.15. The van der Waals surface area contributed by atoms with E-state index in [1.807, 2.05) is 0 Å². The number of carbonyl (C=O) groups is 1. The molecule has 5 N–H and O–H groups in total. The first-order valence-electron chi connectivity index (χ1n) is 3.18.